The summed E-state index contributed by atoms with van der Waals surface area (Å²) in [6.45, 7) is 4.11. The first-order valence-electron chi connectivity index (χ1n) is 8.40. The van der Waals surface area contributed by atoms with E-state index in [9.17, 15) is 4.79 Å². The lowest BCUT2D eigenvalue weighted by Crippen LogP contribution is -2.39. The number of nitrogens with zero attached hydrogens (tertiary/aromatic N) is 1. The highest BCUT2D eigenvalue weighted by Gasteiger charge is 2.39. The van der Waals surface area contributed by atoms with Gasteiger partial charge in [-0.2, -0.15) is 0 Å². The van der Waals surface area contributed by atoms with E-state index >= 15 is 0 Å². The smallest absolute Gasteiger partial charge is 0.339 e. The van der Waals surface area contributed by atoms with Crippen LogP contribution in [0.3, 0.4) is 0 Å². The molecule has 4 rings (SSSR count). The van der Waals surface area contributed by atoms with Gasteiger partial charge in [0.2, 0.25) is 0 Å². The van der Waals surface area contributed by atoms with Crippen LogP contribution in [0, 0.1) is 10.5 Å². The van der Waals surface area contributed by atoms with E-state index in [4.69, 9.17) is 4.74 Å². The quantitative estimate of drug-likeness (QED) is 0.441. The summed E-state index contributed by atoms with van der Waals surface area (Å²) in [6.07, 6.45) is 0. The molecule has 26 heavy (non-hydrogen) atoms. The van der Waals surface area contributed by atoms with E-state index < -0.39 is 5.54 Å². The molecule has 0 spiro atoms. The summed E-state index contributed by atoms with van der Waals surface area (Å²) in [5.41, 5.74) is 5.26. The van der Waals surface area contributed by atoms with Gasteiger partial charge in [0.25, 0.3) is 0 Å². The van der Waals surface area contributed by atoms with Gasteiger partial charge in [-0.1, -0.05) is 24.3 Å². The summed E-state index contributed by atoms with van der Waals surface area (Å²) >= 11 is 2.31. The molecule has 3 aromatic rings. The molecule has 1 atom stereocenters. The zero-order chi connectivity index (χ0) is 18.5. The lowest BCUT2D eigenvalue weighted by atomic mass is 9.86. The fourth-order valence-corrected chi connectivity index (χ4v) is 4.07. The van der Waals surface area contributed by atoms with Gasteiger partial charge >= 0.3 is 5.97 Å². The SMILES string of the molecule is COC(=O)c1cc2n(c1C)-c1ccccc1NC2(C)c1ccc(I)cc1. The fraction of sp³-hybridized carbons (Fsp3) is 0.190. The van der Waals surface area contributed by atoms with Crippen molar-refractivity contribution in [3.63, 3.8) is 0 Å². The van der Waals surface area contributed by atoms with Gasteiger partial charge in [-0.15, -0.1) is 0 Å². The van der Waals surface area contributed by atoms with Crippen LogP contribution in [0.4, 0.5) is 5.69 Å². The molecule has 0 radical (unpaired) electrons. The molecule has 0 amide bonds. The summed E-state index contributed by atoms with van der Waals surface area (Å²) < 4.78 is 8.35. The molecule has 1 aliphatic rings. The second kappa shape index (κ2) is 6.16. The van der Waals surface area contributed by atoms with Crippen molar-refractivity contribution in [2.45, 2.75) is 19.4 Å². The van der Waals surface area contributed by atoms with E-state index in [2.05, 4.69) is 75.8 Å². The predicted octanol–water partition coefficient (Wildman–Crippen LogP) is 4.87. The number of hydrogen-bond acceptors (Lipinski definition) is 3. The minimum absolute atomic E-state index is 0.313. The van der Waals surface area contributed by atoms with Crippen molar-refractivity contribution >= 4 is 34.2 Å². The van der Waals surface area contributed by atoms with Crippen LogP contribution in [0.25, 0.3) is 5.69 Å². The van der Waals surface area contributed by atoms with Crippen LogP contribution < -0.4 is 5.32 Å². The maximum atomic E-state index is 12.3. The highest BCUT2D eigenvalue weighted by atomic mass is 127. The van der Waals surface area contributed by atoms with Crippen molar-refractivity contribution in [1.82, 2.24) is 4.57 Å². The molecule has 132 valence electrons. The van der Waals surface area contributed by atoms with Gasteiger partial charge in [0.05, 0.1) is 29.7 Å². The average molecular weight is 458 g/mol. The Bertz CT molecular complexity index is 1010. The van der Waals surface area contributed by atoms with E-state index in [1.165, 1.54) is 10.7 Å². The number of ether oxygens (including phenoxy) is 1. The van der Waals surface area contributed by atoms with E-state index in [-0.39, 0.29) is 5.97 Å². The van der Waals surface area contributed by atoms with Crippen LogP contribution in [-0.2, 0) is 10.3 Å². The van der Waals surface area contributed by atoms with Crippen LogP contribution in [0.15, 0.2) is 54.6 Å². The zero-order valence-corrected chi connectivity index (χ0v) is 17.0. The molecule has 0 aliphatic carbocycles. The molecule has 1 aliphatic heterocycles. The zero-order valence-electron chi connectivity index (χ0n) is 14.8. The van der Waals surface area contributed by atoms with Crippen molar-refractivity contribution in [3.05, 3.63) is 80.7 Å². The van der Waals surface area contributed by atoms with Gasteiger partial charge in [-0.25, -0.2) is 4.79 Å². The molecule has 2 aromatic carbocycles. The van der Waals surface area contributed by atoms with Gasteiger partial charge in [0, 0.05) is 9.26 Å². The topological polar surface area (TPSA) is 43.3 Å². The van der Waals surface area contributed by atoms with Crippen LogP contribution >= 0.6 is 22.6 Å². The maximum absolute atomic E-state index is 12.3. The van der Waals surface area contributed by atoms with Crippen molar-refractivity contribution < 1.29 is 9.53 Å². The number of aromatic nitrogens is 1. The molecule has 0 saturated carbocycles. The van der Waals surface area contributed by atoms with E-state index in [1.54, 1.807) is 0 Å². The second-order valence-electron chi connectivity index (χ2n) is 6.63. The average Bonchev–Trinajstić information content (AvgIpc) is 3.00. The van der Waals surface area contributed by atoms with Crippen LogP contribution in [-0.4, -0.2) is 17.6 Å². The summed E-state index contributed by atoms with van der Waals surface area (Å²) in [6, 6.07) is 18.6. The molecule has 2 heterocycles. The predicted molar refractivity (Wildman–Crippen MR) is 111 cm³/mol. The van der Waals surface area contributed by atoms with Gasteiger partial charge in [0.1, 0.15) is 5.54 Å². The first kappa shape index (κ1) is 17.1. The third kappa shape index (κ3) is 2.45. The third-order valence-corrected chi connectivity index (χ3v) is 5.84. The van der Waals surface area contributed by atoms with Gasteiger partial charge in [-0.05, 0) is 72.3 Å². The minimum Gasteiger partial charge on any atom is -0.465 e. The van der Waals surface area contributed by atoms with Crippen molar-refractivity contribution in [3.8, 4) is 5.69 Å². The number of para-hydroxylation sites is 2. The van der Waals surface area contributed by atoms with Gasteiger partial charge < -0.3 is 14.6 Å². The number of hydrogen-bond donors (Lipinski definition) is 1. The number of carbonyl (C=O) groups is 1. The Kier molecular flexibility index (Phi) is 4.06. The lowest BCUT2D eigenvalue weighted by Gasteiger charge is -2.39. The number of methoxy groups -OCH3 is 1. The molecule has 1 N–H and O–H groups in total. The Morgan fingerprint density at radius 3 is 2.54 bits per heavy atom. The van der Waals surface area contributed by atoms with Crippen molar-refractivity contribution in [1.29, 1.82) is 0 Å². The van der Waals surface area contributed by atoms with E-state index in [0.717, 1.165) is 28.3 Å². The Morgan fingerprint density at radius 2 is 1.85 bits per heavy atom. The lowest BCUT2D eigenvalue weighted by molar-refractivity contribution is 0.0600. The van der Waals surface area contributed by atoms with E-state index in [0.29, 0.717) is 5.56 Å². The van der Waals surface area contributed by atoms with Crippen LogP contribution in [0.2, 0.25) is 0 Å². The highest BCUT2D eigenvalue weighted by molar-refractivity contribution is 14.1. The summed E-state index contributed by atoms with van der Waals surface area (Å²) in [5, 5.41) is 3.69. The molecule has 4 nitrogen and oxygen atoms in total. The molecule has 0 fully saturated rings. The van der Waals surface area contributed by atoms with Crippen LogP contribution in [0.5, 0.6) is 0 Å². The normalized spacial score (nSPS) is 17.8. The molecule has 5 heteroatoms. The highest BCUT2D eigenvalue weighted by Crippen LogP contribution is 2.43. The number of carbonyl (C=O) groups excluding carboxylic acids is 1. The second-order valence-corrected chi connectivity index (χ2v) is 7.88. The fourth-order valence-electron chi connectivity index (χ4n) is 3.71. The number of anilines is 1. The molecule has 1 unspecified atom stereocenters. The summed E-state index contributed by atoms with van der Waals surface area (Å²) in [5.74, 6) is -0.313. The van der Waals surface area contributed by atoms with Crippen LogP contribution in [0.1, 0.15) is 34.2 Å². The number of fused-ring (bicyclic) bond motifs is 3. The Hall–Kier alpha value is -2.28. The largest absolute Gasteiger partial charge is 0.465 e. The van der Waals surface area contributed by atoms with E-state index in [1.807, 2.05) is 25.1 Å². The molecule has 1 aromatic heterocycles. The summed E-state index contributed by atoms with van der Waals surface area (Å²) in [4.78, 5) is 12.3. The number of benzene rings is 2. The maximum Gasteiger partial charge on any atom is 0.339 e. The van der Waals surface area contributed by atoms with Gasteiger partial charge in [0.15, 0.2) is 0 Å². The van der Waals surface area contributed by atoms with Gasteiger partial charge in [-0.3, -0.25) is 0 Å². The Balaban J connectivity index is 2.01. The van der Waals surface area contributed by atoms with Crippen molar-refractivity contribution in [2.75, 3.05) is 12.4 Å². The minimum atomic E-state index is -0.463. The standard InChI is InChI=1S/C21H19IN2O2/c1-13-16(20(25)26-3)12-19-21(2,14-8-10-15(22)11-9-14)23-17-6-4-5-7-18(17)24(13)19/h4-12,23H,1-3H3. The molecule has 0 saturated heterocycles. The first-order valence-corrected chi connectivity index (χ1v) is 9.48. The molecule has 0 bridgehead atoms. The summed E-state index contributed by atoms with van der Waals surface area (Å²) in [7, 11) is 1.42. The molecular weight excluding hydrogens is 439 g/mol. The monoisotopic (exact) mass is 458 g/mol. The number of nitrogens with one attached hydrogen (secondary N) is 1. The first-order chi connectivity index (χ1) is 12.5. The third-order valence-electron chi connectivity index (χ3n) is 5.12. The number of rotatable bonds is 2. The molecular formula is C21H19IN2O2. The Labute approximate surface area is 166 Å². The number of esters is 1. The number of halogens is 1. The van der Waals surface area contributed by atoms with Crippen molar-refractivity contribution in [2.24, 2.45) is 0 Å². The Morgan fingerprint density at radius 1 is 1.15 bits per heavy atom.